The first-order chi connectivity index (χ1) is 13.8. The lowest BCUT2D eigenvalue weighted by molar-refractivity contribution is -0.857. The molecule has 0 spiro atoms. The lowest BCUT2D eigenvalue weighted by Crippen LogP contribution is -3.06. The number of Topliss-reactive ketones (excluding diaryl/α,β-unsaturated/α-hetero) is 1. The average Bonchev–Trinajstić information content (AvgIpc) is 2.97. The minimum absolute atomic E-state index is 0.0381. The SMILES string of the molecule is COc1ccc(/C(O)=C2\C(=O)C(=O)N(CC[NH+](C)C)[C@@H]2c2ccncc2)cc1Cl. The number of benzene rings is 1. The molecule has 0 bridgehead atoms. The maximum Gasteiger partial charge on any atom is 0.295 e. The molecular weight excluding hydrogens is 394 g/mol. The second kappa shape index (κ2) is 8.63. The molecule has 152 valence electrons. The molecular formula is C21H23ClN3O4+. The summed E-state index contributed by atoms with van der Waals surface area (Å²) in [7, 11) is 5.43. The molecule has 0 aliphatic carbocycles. The Morgan fingerprint density at radius 3 is 2.52 bits per heavy atom. The highest BCUT2D eigenvalue weighted by Crippen LogP contribution is 2.39. The van der Waals surface area contributed by atoms with Gasteiger partial charge >= 0.3 is 0 Å². The predicted octanol–water partition coefficient (Wildman–Crippen LogP) is 1.31. The zero-order valence-corrected chi connectivity index (χ0v) is 17.2. The number of nitrogens with one attached hydrogen (secondary N) is 1. The highest BCUT2D eigenvalue weighted by Gasteiger charge is 2.46. The van der Waals surface area contributed by atoms with Crippen LogP contribution in [0.3, 0.4) is 0 Å². The summed E-state index contributed by atoms with van der Waals surface area (Å²) in [4.78, 5) is 32.3. The van der Waals surface area contributed by atoms with Gasteiger partial charge in [0.15, 0.2) is 0 Å². The van der Waals surface area contributed by atoms with E-state index in [1.807, 2.05) is 14.1 Å². The summed E-state index contributed by atoms with van der Waals surface area (Å²) in [6, 6.07) is 7.49. The third-order valence-electron chi connectivity index (χ3n) is 4.84. The number of carbonyl (C=O) groups is 2. The molecule has 1 aromatic carbocycles. The Balaban J connectivity index is 2.13. The van der Waals surface area contributed by atoms with E-state index in [2.05, 4.69) is 4.98 Å². The van der Waals surface area contributed by atoms with Crippen molar-refractivity contribution in [1.29, 1.82) is 0 Å². The van der Waals surface area contributed by atoms with E-state index in [0.29, 0.717) is 35.0 Å². The fourth-order valence-electron chi connectivity index (χ4n) is 3.32. The summed E-state index contributed by atoms with van der Waals surface area (Å²) in [5, 5.41) is 11.3. The van der Waals surface area contributed by atoms with Crippen LogP contribution in [0.5, 0.6) is 5.75 Å². The number of methoxy groups -OCH3 is 1. The highest BCUT2D eigenvalue weighted by atomic mass is 35.5. The minimum atomic E-state index is -0.718. The van der Waals surface area contributed by atoms with Crippen LogP contribution in [0.1, 0.15) is 17.2 Å². The van der Waals surface area contributed by atoms with E-state index in [-0.39, 0.29) is 11.3 Å². The second-order valence-corrected chi connectivity index (χ2v) is 7.49. The zero-order valence-electron chi connectivity index (χ0n) is 16.5. The fourth-order valence-corrected chi connectivity index (χ4v) is 3.57. The van der Waals surface area contributed by atoms with Gasteiger partial charge in [0.1, 0.15) is 11.5 Å². The van der Waals surface area contributed by atoms with Crippen LogP contribution in [0.25, 0.3) is 5.76 Å². The van der Waals surface area contributed by atoms with Gasteiger partial charge in [-0.25, -0.2) is 0 Å². The number of aliphatic hydroxyl groups excluding tert-OH is 1. The first-order valence-corrected chi connectivity index (χ1v) is 9.54. The predicted molar refractivity (Wildman–Crippen MR) is 109 cm³/mol. The number of nitrogens with zero attached hydrogens (tertiary/aromatic N) is 2. The van der Waals surface area contributed by atoms with Crippen molar-refractivity contribution in [2.75, 3.05) is 34.3 Å². The Bertz CT molecular complexity index is 960. The monoisotopic (exact) mass is 416 g/mol. The molecule has 1 fully saturated rings. The molecule has 3 rings (SSSR count). The number of quaternary nitrogens is 1. The Kier molecular flexibility index (Phi) is 6.20. The van der Waals surface area contributed by atoms with Crippen molar-refractivity contribution in [3.8, 4) is 5.75 Å². The molecule has 2 heterocycles. The maximum atomic E-state index is 12.9. The Morgan fingerprint density at radius 2 is 1.93 bits per heavy atom. The van der Waals surface area contributed by atoms with Crippen LogP contribution in [-0.2, 0) is 9.59 Å². The van der Waals surface area contributed by atoms with Crippen molar-refractivity contribution < 1.29 is 24.3 Å². The number of halogens is 1. The molecule has 1 aliphatic heterocycles. The number of likely N-dealkylation sites (N-methyl/N-ethyl adjacent to an activating group) is 1. The number of hydrogen-bond donors (Lipinski definition) is 2. The smallest absolute Gasteiger partial charge is 0.295 e. The van der Waals surface area contributed by atoms with E-state index in [1.54, 1.807) is 36.7 Å². The molecule has 1 aromatic heterocycles. The van der Waals surface area contributed by atoms with Gasteiger partial charge in [-0.1, -0.05) is 11.6 Å². The third kappa shape index (κ3) is 4.11. The molecule has 0 radical (unpaired) electrons. The Morgan fingerprint density at radius 1 is 1.24 bits per heavy atom. The van der Waals surface area contributed by atoms with Gasteiger partial charge in [-0.15, -0.1) is 0 Å². The van der Waals surface area contributed by atoms with Crippen LogP contribution in [-0.4, -0.2) is 61.0 Å². The van der Waals surface area contributed by atoms with Gasteiger partial charge in [-0.05, 0) is 35.9 Å². The lowest BCUT2D eigenvalue weighted by atomic mass is 9.96. The molecule has 1 aliphatic rings. The van der Waals surface area contributed by atoms with Crippen molar-refractivity contribution in [3.63, 3.8) is 0 Å². The number of carbonyl (C=O) groups excluding carboxylic acids is 2. The van der Waals surface area contributed by atoms with E-state index in [0.717, 1.165) is 4.90 Å². The molecule has 2 aromatic rings. The number of likely N-dealkylation sites (tertiary alicyclic amines) is 1. The summed E-state index contributed by atoms with van der Waals surface area (Å²) in [5.41, 5.74) is 1.08. The average molecular weight is 417 g/mol. The van der Waals surface area contributed by atoms with Gasteiger partial charge in [0.25, 0.3) is 11.7 Å². The number of hydrogen-bond acceptors (Lipinski definition) is 5. The number of ketones is 1. The first kappa shape index (κ1) is 20.8. The molecule has 7 nitrogen and oxygen atoms in total. The molecule has 1 saturated heterocycles. The van der Waals surface area contributed by atoms with Gasteiger partial charge in [-0.2, -0.15) is 0 Å². The van der Waals surface area contributed by atoms with Gasteiger partial charge in [0, 0.05) is 18.0 Å². The topological polar surface area (TPSA) is 84.2 Å². The van der Waals surface area contributed by atoms with Crippen molar-refractivity contribution >= 4 is 29.1 Å². The number of aliphatic hydroxyl groups is 1. The normalized spacial score (nSPS) is 18.5. The van der Waals surface area contributed by atoms with Crippen LogP contribution in [0.15, 0.2) is 48.3 Å². The van der Waals surface area contributed by atoms with Crippen molar-refractivity contribution in [3.05, 3.63) is 64.4 Å². The molecule has 1 amide bonds. The zero-order chi connectivity index (χ0) is 21.1. The summed E-state index contributed by atoms with van der Waals surface area (Å²) in [6.45, 7) is 1.03. The van der Waals surface area contributed by atoms with Crippen LogP contribution in [0, 0.1) is 0 Å². The van der Waals surface area contributed by atoms with Gasteiger partial charge in [0.05, 0.1) is 50.9 Å². The van der Waals surface area contributed by atoms with Crippen molar-refractivity contribution in [2.24, 2.45) is 0 Å². The third-order valence-corrected chi connectivity index (χ3v) is 5.14. The Labute approximate surface area is 174 Å². The molecule has 29 heavy (non-hydrogen) atoms. The van der Waals surface area contributed by atoms with Crippen molar-refractivity contribution in [2.45, 2.75) is 6.04 Å². The number of amides is 1. The van der Waals surface area contributed by atoms with Crippen LogP contribution in [0.4, 0.5) is 0 Å². The number of rotatable bonds is 6. The largest absolute Gasteiger partial charge is 0.507 e. The van der Waals surface area contributed by atoms with Crippen LogP contribution < -0.4 is 9.64 Å². The standard InChI is InChI=1S/C21H22ClN3O4/c1-24(2)10-11-25-18(13-6-8-23-9-7-13)17(20(27)21(25)28)19(26)14-4-5-16(29-3)15(22)12-14/h4-9,12,18,26H,10-11H2,1-3H3/p+1/b19-17+/t18-/m1/s1. The Hall–Kier alpha value is -2.90. The van der Waals surface area contributed by atoms with E-state index in [4.69, 9.17) is 16.3 Å². The van der Waals surface area contributed by atoms with Gasteiger partial charge in [0.2, 0.25) is 0 Å². The first-order valence-electron chi connectivity index (χ1n) is 9.16. The fraction of sp³-hybridized carbons (Fsp3) is 0.286. The maximum absolute atomic E-state index is 12.9. The number of ether oxygens (including phenoxy) is 1. The molecule has 2 N–H and O–H groups in total. The van der Waals surface area contributed by atoms with E-state index >= 15 is 0 Å². The summed E-state index contributed by atoms with van der Waals surface area (Å²) >= 11 is 6.18. The highest BCUT2D eigenvalue weighted by molar-refractivity contribution is 6.46. The second-order valence-electron chi connectivity index (χ2n) is 7.08. The number of pyridine rings is 1. The van der Waals surface area contributed by atoms with E-state index in [9.17, 15) is 14.7 Å². The van der Waals surface area contributed by atoms with Crippen LogP contribution >= 0.6 is 11.6 Å². The van der Waals surface area contributed by atoms with Gasteiger partial charge in [-0.3, -0.25) is 14.6 Å². The number of aromatic nitrogens is 1. The summed E-state index contributed by atoms with van der Waals surface area (Å²) in [6.07, 6.45) is 3.19. The lowest BCUT2D eigenvalue weighted by Gasteiger charge is -2.25. The van der Waals surface area contributed by atoms with E-state index < -0.39 is 17.7 Å². The molecule has 1 atom stereocenters. The molecule has 8 heteroatoms. The van der Waals surface area contributed by atoms with Crippen LogP contribution in [0.2, 0.25) is 5.02 Å². The van der Waals surface area contributed by atoms with Gasteiger partial charge < -0.3 is 19.6 Å². The minimum Gasteiger partial charge on any atom is -0.507 e. The summed E-state index contributed by atoms with van der Waals surface area (Å²) < 4.78 is 5.14. The quantitative estimate of drug-likeness (QED) is 0.421. The van der Waals surface area contributed by atoms with Crippen molar-refractivity contribution in [1.82, 2.24) is 9.88 Å². The molecule has 0 unspecified atom stereocenters. The molecule has 0 saturated carbocycles. The van der Waals surface area contributed by atoms with E-state index in [1.165, 1.54) is 18.1 Å². The summed E-state index contributed by atoms with van der Waals surface area (Å²) in [5.74, 6) is -1.17.